The van der Waals surface area contributed by atoms with Crippen LogP contribution in [-0.4, -0.2) is 11.8 Å². The van der Waals surface area contributed by atoms with Crippen LogP contribution in [0.25, 0.3) is 10.4 Å². The van der Waals surface area contributed by atoms with Gasteiger partial charge in [0.25, 0.3) is 5.70 Å². The van der Waals surface area contributed by atoms with Crippen LogP contribution >= 0.6 is 0 Å². The molecule has 0 aliphatic heterocycles. The fourth-order valence-electron chi connectivity index (χ4n) is 1.89. The van der Waals surface area contributed by atoms with Gasteiger partial charge < -0.3 is 4.74 Å². The molecule has 1 aromatic carbocycles. The monoisotopic (exact) mass is 237 g/mol. The van der Waals surface area contributed by atoms with Gasteiger partial charge in [0, 0.05) is 12.0 Å². The Hall–Kier alpha value is -2.85. The number of carbonyl (C=O) groups is 2. The number of carbonyl (C=O) groups excluding carboxylic acids is 2. The van der Waals surface area contributed by atoms with Crippen LogP contribution in [0.2, 0.25) is 0 Å². The maximum Gasteiger partial charge on any atom is 0.350 e. The maximum atomic E-state index is 11.7. The van der Waals surface area contributed by atoms with Crippen LogP contribution in [0.1, 0.15) is 22.3 Å². The summed E-state index contributed by atoms with van der Waals surface area (Å²) in [6.45, 7) is 7.03. The van der Waals surface area contributed by atoms with Crippen molar-refractivity contribution in [2.75, 3.05) is 0 Å². The first kappa shape index (κ1) is 11.6. The molecule has 1 aliphatic rings. The van der Waals surface area contributed by atoms with Crippen molar-refractivity contribution in [1.82, 2.24) is 0 Å². The van der Waals surface area contributed by atoms with Crippen LogP contribution in [0.5, 0.6) is 0 Å². The second-order valence-corrected chi connectivity index (χ2v) is 3.59. The number of benzene rings is 1. The van der Waals surface area contributed by atoms with Gasteiger partial charge in [-0.2, -0.15) is 0 Å². The van der Waals surface area contributed by atoms with Crippen LogP contribution in [0.3, 0.4) is 0 Å². The van der Waals surface area contributed by atoms with E-state index in [9.17, 15) is 9.59 Å². The van der Waals surface area contributed by atoms with Gasteiger partial charge in [0.2, 0.25) is 0 Å². The maximum absolute atomic E-state index is 11.7. The van der Waals surface area contributed by atoms with Crippen molar-refractivity contribution in [3.63, 3.8) is 0 Å². The molecule has 0 spiro atoms. The third-order valence-corrected chi connectivity index (χ3v) is 2.63. The van der Waals surface area contributed by atoms with E-state index >= 15 is 0 Å². The summed E-state index contributed by atoms with van der Waals surface area (Å²) in [5.74, 6) is -1.01. The van der Waals surface area contributed by atoms with Gasteiger partial charge in [0.1, 0.15) is 6.11 Å². The van der Waals surface area contributed by atoms with Crippen molar-refractivity contribution < 1.29 is 14.3 Å². The molecule has 0 saturated heterocycles. The summed E-state index contributed by atoms with van der Waals surface area (Å²) >= 11 is 0. The van der Waals surface area contributed by atoms with E-state index in [0.29, 0.717) is 16.7 Å². The van der Waals surface area contributed by atoms with Gasteiger partial charge in [-0.05, 0) is 11.1 Å². The SMILES string of the molecule is [C-]#[N+]C(C(=O)OC#C)=C1CC(=O)c2ccccc21. The zero-order chi connectivity index (χ0) is 13.1. The smallest absolute Gasteiger partial charge is 0.350 e. The number of fused-ring (bicyclic) bond motifs is 1. The number of allylic oxidation sites excluding steroid dienone is 1. The van der Waals surface area contributed by atoms with E-state index in [0.717, 1.165) is 0 Å². The zero-order valence-corrected chi connectivity index (χ0v) is 9.27. The standard InChI is InChI=1S/C14H7NO3/c1-3-18-14(17)13(15-2)11-8-12(16)10-7-5-4-6-9(10)11/h1,4-7H,8H2. The number of nitrogens with zero attached hydrogens (tertiary/aromatic N) is 1. The van der Waals surface area contributed by atoms with Gasteiger partial charge in [0.15, 0.2) is 5.78 Å². The molecule has 0 bridgehead atoms. The van der Waals surface area contributed by atoms with E-state index in [1.54, 1.807) is 30.4 Å². The zero-order valence-electron chi connectivity index (χ0n) is 9.27. The highest BCUT2D eigenvalue weighted by Crippen LogP contribution is 2.35. The summed E-state index contributed by atoms with van der Waals surface area (Å²) in [4.78, 5) is 26.4. The number of hydrogen-bond donors (Lipinski definition) is 0. The molecule has 0 saturated carbocycles. The number of esters is 1. The molecule has 4 nitrogen and oxygen atoms in total. The van der Waals surface area contributed by atoms with Crippen LogP contribution in [0, 0.1) is 19.1 Å². The molecule has 0 aromatic heterocycles. The number of Topliss-reactive ketones (excluding diaryl/α,β-unsaturated/α-hetero) is 1. The minimum absolute atomic E-state index is 0.0245. The second kappa shape index (κ2) is 4.57. The molecule has 1 aliphatic carbocycles. The van der Waals surface area contributed by atoms with Crippen molar-refractivity contribution in [3.8, 4) is 12.5 Å². The van der Waals surface area contributed by atoms with Crippen molar-refractivity contribution in [3.05, 3.63) is 52.5 Å². The first-order chi connectivity index (χ1) is 8.69. The summed E-state index contributed by atoms with van der Waals surface area (Å²) in [5.41, 5.74) is 1.27. The molecule has 18 heavy (non-hydrogen) atoms. The molecule has 0 N–H and O–H groups in total. The molecule has 0 atom stereocenters. The summed E-state index contributed by atoms with van der Waals surface area (Å²) in [6, 6.07) is 6.84. The molecule has 1 aromatic rings. The molecule has 2 rings (SSSR count). The second-order valence-electron chi connectivity index (χ2n) is 3.59. The van der Waals surface area contributed by atoms with Gasteiger partial charge in [-0.25, -0.2) is 4.85 Å². The Morgan fingerprint density at radius 3 is 2.67 bits per heavy atom. The lowest BCUT2D eigenvalue weighted by Crippen LogP contribution is -2.03. The Balaban J connectivity index is 2.59. The third-order valence-electron chi connectivity index (χ3n) is 2.63. The number of hydrogen-bond acceptors (Lipinski definition) is 3. The van der Waals surface area contributed by atoms with Gasteiger partial charge >= 0.3 is 5.97 Å². The minimum atomic E-state index is -0.896. The summed E-state index contributed by atoms with van der Waals surface area (Å²) < 4.78 is 4.36. The van der Waals surface area contributed by atoms with Crippen LogP contribution in [-0.2, 0) is 9.53 Å². The van der Waals surface area contributed by atoms with Crippen LogP contribution < -0.4 is 0 Å². The van der Waals surface area contributed by atoms with Gasteiger partial charge in [-0.1, -0.05) is 30.7 Å². The molecule has 0 fully saturated rings. The van der Waals surface area contributed by atoms with Crippen LogP contribution in [0.4, 0.5) is 0 Å². The van der Waals surface area contributed by atoms with Crippen molar-refractivity contribution in [1.29, 1.82) is 0 Å². The predicted octanol–water partition coefficient (Wildman–Crippen LogP) is 2.04. The average molecular weight is 237 g/mol. The van der Waals surface area contributed by atoms with E-state index in [1.807, 2.05) is 0 Å². The van der Waals surface area contributed by atoms with E-state index in [2.05, 4.69) is 9.58 Å². The van der Waals surface area contributed by atoms with Crippen LogP contribution in [0.15, 0.2) is 30.0 Å². The van der Waals surface area contributed by atoms with E-state index < -0.39 is 5.97 Å². The molecule has 86 valence electrons. The highest BCUT2D eigenvalue weighted by atomic mass is 16.5. The first-order valence-electron chi connectivity index (χ1n) is 5.09. The molecule has 0 unspecified atom stereocenters. The number of ketones is 1. The fraction of sp³-hybridized carbons (Fsp3) is 0.0714. The largest absolute Gasteiger partial charge is 0.378 e. The Morgan fingerprint density at radius 1 is 1.39 bits per heavy atom. The molecule has 0 amide bonds. The predicted molar refractivity (Wildman–Crippen MR) is 63.8 cm³/mol. The highest BCUT2D eigenvalue weighted by molar-refractivity contribution is 6.16. The molecular formula is C14H7NO3. The lowest BCUT2D eigenvalue weighted by molar-refractivity contribution is -0.132. The van der Waals surface area contributed by atoms with Gasteiger partial charge in [-0.3, -0.25) is 9.59 Å². The Bertz CT molecular complexity index is 656. The van der Waals surface area contributed by atoms with E-state index in [4.69, 9.17) is 13.0 Å². The van der Waals surface area contributed by atoms with Crippen molar-refractivity contribution in [2.24, 2.45) is 0 Å². The first-order valence-corrected chi connectivity index (χ1v) is 5.09. The molecule has 0 radical (unpaired) electrons. The number of ether oxygens (including phenoxy) is 1. The number of terminal acetylenes is 1. The summed E-state index contributed by atoms with van der Waals surface area (Å²) in [6.07, 6.45) is 6.61. The molecule has 4 heteroatoms. The highest BCUT2D eigenvalue weighted by Gasteiger charge is 2.29. The van der Waals surface area contributed by atoms with Crippen molar-refractivity contribution >= 4 is 17.3 Å². The van der Waals surface area contributed by atoms with Gasteiger partial charge in [-0.15, -0.1) is 0 Å². The lowest BCUT2D eigenvalue weighted by Gasteiger charge is -2.02. The normalized spacial score (nSPS) is 15.3. The Kier molecular flexibility index (Phi) is 2.95. The number of rotatable bonds is 1. The Labute approximate surface area is 104 Å². The minimum Gasteiger partial charge on any atom is -0.378 e. The average Bonchev–Trinajstić information content (AvgIpc) is 2.69. The van der Waals surface area contributed by atoms with E-state index in [1.165, 1.54) is 0 Å². The van der Waals surface area contributed by atoms with Crippen molar-refractivity contribution in [2.45, 2.75) is 6.42 Å². The van der Waals surface area contributed by atoms with Gasteiger partial charge in [0.05, 0.1) is 6.57 Å². The van der Waals surface area contributed by atoms with E-state index in [-0.39, 0.29) is 17.9 Å². The molecule has 0 heterocycles. The lowest BCUT2D eigenvalue weighted by atomic mass is 10.1. The summed E-state index contributed by atoms with van der Waals surface area (Å²) in [5, 5.41) is 0. The summed E-state index contributed by atoms with van der Waals surface area (Å²) in [7, 11) is 0. The molecular weight excluding hydrogens is 230 g/mol. The topological polar surface area (TPSA) is 47.7 Å². The quantitative estimate of drug-likeness (QED) is 0.325. The third kappa shape index (κ3) is 1.77. The fourth-order valence-corrected chi connectivity index (χ4v) is 1.89. The Morgan fingerprint density at radius 2 is 2.06 bits per heavy atom.